The van der Waals surface area contributed by atoms with Crippen molar-refractivity contribution >= 4 is 5.91 Å². The second-order valence-corrected chi connectivity index (χ2v) is 5.99. The van der Waals surface area contributed by atoms with Crippen LogP contribution in [0.3, 0.4) is 0 Å². The number of carbonyl (C=O) groups excluding carboxylic acids is 1. The fourth-order valence-corrected chi connectivity index (χ4v) is 3.10. The van der Waals surface area contributed by atoms with E-state index >= 15 is 0 Å². The average Bonchev–Trinajstić information content (AvgIpc) is 2.61. The van der Waals surface area contributed by atoms with E-state index in [0.717, 1.165) is 37.1 Å². The number of hydrogen-bond acceptors (Lipinski definition) is 5. The fourth-order valence-electron chi connectivity index (χ4n) is 3.10. The highest BCUT2D eigenvalue weighted by Gasteiger charge is 2.29. The van der Waals surface area contributed by atoms with Crippen molar-refractivity contribution in [3.63, 3.8) is 0 Å². The van der Waals surface area contributed by atoms with E-state index in [-0.39, 0.29) is 11.8 Å². The van der Waals surface area contributed by atoms with Crippen LogP contribution >= 0.6 is 0 Å². The maximum Gasteiger partial charge on any atom is 0.226 e. The highest BCUT2D eigenvalue weighted by molar-refractivity contribution is 5.79. The summed E-state index contributed by atoms with van der Waals surface area (Å²) in [4.78, 5) is 19.1. The Hall–Kier alpha value is -1.66. The Labute approximate surface area is 136 Å². The fraction of sp³-hybridized carbons (Fsp3) is 0.647. The van der Waals surface area contributed by atoms with Crippen LogP contribution in [-0.2, 0) is 27.2 Å². The monoisotopic (exact) mass is 320 g/mol. The molecule has 3 rings (SSSR count). The molecule has 6 nitrogen and oxygen atoms in total. The molecular weight excluding hydrogens is 296 g/mol. The first kappa shape index (κ1) is 16.2. The van der Waals surface area contributed by atoms with Crippen molar-refractivity contribution in [2.45, 2.75) is 25.8 Å². The molecule has 23 heavy (non-hydrogen) atoms. The van der Waals surface area contributed by atoms with Gasteiger partial charge in [0, 0.05) is 51.8 Å². The minimum Gasteiger partial charge on any atom is -0.475 e. The molecule has 0 radical (unpaired) electrons. The van der Waals surface area contributed by atoms with Crippen LogP contribution in [0.5, 0.6) is 5.88 Å². The van der Waals surface area contributed by atoms with Gasteiger partial charge in [0.25, 0.3) is 0 Å². The zero-order chi connectivity index (χ0) is 16.1. The molecule has 0 saturated carbocycles. The summed E-state index contributed by atoms with van der Waals surface area (Å²) >= 11 is 0. The van der Waals surface area contributed by atoms with Gasteiger partial charge in [0.05, 0.1) is 12.3 Å². The van der Waals surface area contributed by atoms with Gasteiger partial charge in [-0.1, -0.05) is 6.07 Å². The number of amides is 1. The van der Waals surface area contributed by atoms with E-state index in [1.54, 1.807) is 7.11 Å². The van der Waals surface area contributed by atoms with Gasteiger partial charge >= 0.3 is 0 Å². The third-order valence-corrected chi connectivity index (χ3v) is 4.44. The molecule has 1 amide bonds. The van der Waals surface area contributed by atoms with E-state index in [1.165, 1.54) is 0 Å². The molecule has 0 unspecified atom stereocenters. The SMILES string of the molecule is COCCOc1ccc2c(n1)CCN(C(=O)C1CCOCC1)C2. The van der Waals surface area contributed by atoms with Crippen molar-refractivity contribution in [3.05, 3.63) is 23.4 Å². The van der Waals surface area contributed by atoms with E-state index in [9.17, 15) is 4.79 Å². The molecule has 0 N–H and O–H groups in total. The van der Waals surface area contributed by atoms with Crippen LogP contribution in [0.15, 0.2) is 12.1 Å². The average molecular weight is 320 g/mol. The van der Waals surface area contributed by atoms with Crippen LogP contribution < -0.4 is 4.74 Å². The Morgan fingerprint density at radius 1 is 1.35 bits per heavy atom. The molecule has 0 atom stereocenters. The molecule has 6 heteroatoms. The van der Waals surface area contributed by atoms with Gasteiger partial charge in [-0.15, -0.1) is 0 Å². The van der Waals surface area contributed by atoms with E-state index in [0.29, 0.717) is 38.9 Å². The number of carbonyl (C=O) groups is 1. The highest BCUT2D eigenvalue weighted by Crippen LogP contribution is 2.24. The summed E-state index contributed by atoms with van der Waals surface area (Å²) in [5, 5.41) is 0. The van der Waals surface area contributed by atoms with Crippen LogP contribution in [0.25, 0.3) is 0 Å². The lowest BCUT2D eigenvalue weighted by molar-refractivity contribution is -0.139. The van der Waals surface area contributed by atoms with Crippen molar-refractivity contribution in [1.82, 2.24) is 9.88 Å². The molecule has 0 bridgehead atoms. The number of rotatable bonds is 5. The number of aromatic nitrogens is 1. The Kier molecular flexibility index (Phi) is 5.46. The summed E-state index contributed by atoms with van der Waals surface area (Å²) in [6.07, 6.45) is 2.46. The molecule has 126 valence electrons. The van der Waals surface area contributed by atoms with Gasteiger partial charge < -0.3 is 19.1 Å². The van der Waals surface area contributed by atoms with Crippen molar-refractivity contribution in [2.75, 3.05) is 40.1 Å². The van der Waals surface area contributed by atoms with Crippen LogP contribution in [0.1, 0.15) is 24.1 Å². The topological polar surface area (TPSA) is 60.9 Å². The maximum absolute atomic E-state index is 12.6. The van der Waals surface area contributed by atoms with E-state index in [2.05, 4.69) is 4.98 Å². The lowest BCUT2D eigenvalue weighted by Crippen LogP contribution is -2.41. The Balaban J connectivity index is 1.60. The summed E-state index contributed by atoms with van der Waals surface area (Å²) < 4.78 is 15.9. The summed E-state index contributed by atoms with van der Waals surface area (Å²) in [5.74, 6) is 1.01. The van der Waals surface area contributed by atoms with Gasteiger partial charge in [-0.2, -0.15) is 0 Å². The minimum atomic E-state index is 0.120. The molecule has 0 aromatic carbocycles. The summed E-state index contributed by atoms with van der Waals surface area (Å²) in [6.45, 7) is 3.83. The molecule has 1 saturated heterocycles. The van der Waals surface area contributed by atoms with E-state index < -0.39 is 0 Å². The number of ether oxygens (including phenoxy) is 3. The number of hydrogen-bond donors (Lipinski definition) is 0. The molecule has 1 aromatic heterocycles. The number of fused-ring (bicyclic) bond motifs is 1. The Bertz CT molecular complexity index is 543. The van der Waals surface area contributed by atoms with Gasteiger partial charge in [-0.3, -0.25) is 4.79 Å². The van der Waals surface area contributed by atoms with Crippen molar-refractivity contribution in [3.8, 4) is 5.88 Å². The zero-order valence-corrected chi connectivity index (χ0v) is 13.6. The quantitative estimate of drug-likeness (QED) is 0.768. The predicted octanol–water partition coefficient (Wildman–Crippen LogP) is 1.42. The Morgan fingerprint density at radius 3 is 2.96 bits per heavy atom. The highest BCUT2D eigenvalue weighted by atomic mass is 16.5. The molecular formula is C17H24N2O4. The lowest BCUT2D eigenvalue weighted by atomic mass is 9.96. The van der Waals surface area contributed by atoms with Crippen LogP contribution in [0, 0.1) is 5.92 Å². The van der Waals surface area contributed by atoms with Crippen molar-refractivity contribution < 1.29 is 19.0 Å². The third-order valence-electron chi connectivity index (χ3n) is 4.44. The van der Waals surface area contributed by atoms with Gasteiger partial charge in [-0.05, 0) is 18.4 Å². The van der Waals surface area contributed by atoms with Gasteiger partial charge in [0.1, 0.15) is 6.61 Å². The number of pyridine rings is 1. The third kappa shape index (κ3) is 4.00. The van der Waals surface area contributed by atoms with Gasteiger partial charge in [0.2, 0.25) is 11.8 Å². The van der Waals surface area contributed by atoms with Gasteiger partial charge in [0.15, 0.2) is 0 Å². The predicted molar refractivity (Wildman–Crippen MR) is 84.3 cm³/mol. The zero-order valence-electron chi connectivity index (χ0n) is 13.6. The minimum absolute atomic E-state index is 0.120. The Morgan fingerprint density at radius 2 is 2.17 bits per heavy atom. The van der Waals surface area contributed by atoms with Gasteiger partial charge in [-0.25, -0.2) is 4.98 Å². The second kappa shape index (κ2) is 7.75. The summed E-state index contributed by atoms with van der Waals surface area (Å²) in [7, 11) is 1.65. The largest absolute Gasteiger partial charge is 0.475 e. The normalized spacial score (nSPS) is 18.6. The van der Waals surface area contributed by atoms with E-state index in [4.69, 9.17) is 14.2 Å². The van der Waals surface area contributed by atoms with Crippen LogP contribution in [0.4, 0.5) is 0 Å². The first-order chi connectivity index (χ1) is 11.3. The lowest BCUT2D eigenvalue weighted by Gasteiger charge is -2.32. The molecule has 0 spiro atoms. The number of nitrogens with zero attached hydrogens (tertiary/aromatic N) is 2. The first-order valence-electron chi connectivity index (χ1n) is 8.25. The molecule has 2 aliphatic heterocycles. The maximum atomic E-state index is 12.6. The van der Waals surface area contributed by atoms with Crippen LogP contribution in [-0.4, -0.2) is 55.9 Å². The molecule has 3 heterocycles. The molecule has 1 aromatic rings. The molecule has 0 aliphatic carbocycles. The molecule has 2 aliphatic rings. The van der Waals surface area contributed by atoms with E-state index in [1.807, 2.05) is 17.0 Å². The number of methoxy groups -OCH3 is 1. The standard InChI is InChI=1S/C17H24N2O4/c1-21-10-11-23-16-3-2-14-12-19(7-4-15(14)18-16)17(20)13-5-8-22-9-6-13/h2-3,13H,4-12H2,1H3. The van der Waals surface area contributed by atoms with Crippen molar-refractivity contribution in [1.29, 1.82) is 0 Å². The summed E-state index contributed by atoms with van der Waals surface area (Å²) in [6, 6.07) is 3.89. The smallest absolute Gasteiger partial charge is 0.226 e. The summed E-state index contributed by atoms with van der Waals surface area (Å²) in [5.41, 5.74) is 2.16. The molecule has 1 fully saturated rings. The van der Waals surface area contributed by atoms with Crippen LogP contribution in [0.2, 0.25) is 0 Å². The first-order valence-corrected chi connectivity index (χ1v) is 8.25. The van der Waals surface area contributed by atoms with Crippen molar-refractivity contribution in [2.24, 2.45) is 5.92 Å². The second-order valence-electron chi connectivity index (χ2n) is 5.99.